The number of alkyl halides is 3. The largest absolute Gasteiger partial charge is 0.481 e. The van der Waals surface area contributed by atoms with Gasteiger partial charge in [0.2, 0.25) is 0 Å². The summed E-state index contributed by atoms with van der Waals surface area (Å²) < 4.78 is 38.2. The van der Waals surface area contributed by atoms with Gasteiger partial charge in [-0.1, -0.05) is 18.6 Å². The highest BCUT2D eigenvalue weighted by atomic mass is 19.4. The standard InChI is InChI=1S/C11H15F3O2/c1-2-4-7-8(10(15)16)5-3-6-9(7)11(12,13)14/h2,4,7-9H,3,5-6H2,1H3,(H,15,16). The minimum Gasteiger partial charge on any atom is -0.481 e. The Bertz CT molecular complexity index is 283. The van der Waals surface area contributed by atoms with Gasteiger partial charge in [-0.15, -0.1) is 0 Å². The van der Waals surface area contributed by atoms with E-state index in [0.29, 0.717) is 12.8 Å². The first-order valence-electron chi connectivity index (χ1n) is 5.30. The molecule has 0 heterocycles. The van der Waals surface area contributed by atoms with Crippen molar-refractivity contribution in [1.29, 1.82) is 0 Å². The molecule has 1 N–H and O–H groups in total. The van der Waals surface area contributed by atoms with Gasteiger partial charge in [-0.05, 0) is 19.8 Å². The average molecular weight is 236 g/mol. The fourth-order valence-corrected chi connectivity index (χ4v) is 2.38. The zero-order valence-electron chi connectivity index (χ0n) is 9.00. The summed E-state index contributed by atoms with van der Waals surface area (Å²) in [6.07, 6.45) is -0.729. The predicted molar refractivity (Wildman–Crippen MR) is 52.8 cm³/mol. The van der Waals surface area contributed by atoms with Crippen LogP contribution in [0.1, 0.15) is 26.2 Å². The molecule has 1 fully saturated rings. The van der Waals surface area contributed by atoms with Crippen LogP contribution in [0.4, 0.5) is 13.2 Å². The van der Waals surface area contributed by atoms with E-state index in [9.17, 15) is 18.0 Å². The molecule has 0 radical (unpaired) electrons. The number of allylic oxidation sites excluding steroid dienone is 2. The van der Waals surface area contributed by atoms with Crippen LogP contribution in [0.2, 0.25) is 0 Å². The van der Waals surface area contributed by atoms with Gasteiger partial charge in [0.05, 0.1) is 11.8 Å². The van der Waals surface area contributed by atoms with Crippen LogP contribution < -0.4 is 0 Å². The third kappa shape index (κ3) is 2.77. The minimum absolute atomic E-state index is 0.0300. The van der Waals surface area contributed by atoms with E-state index < -0.39 is 29.9 Å². The average Bonchev–Trinajstić information content (AvgIpc) is 2.16. The van der Waals surface area contributed by atoms with Gasteiger partial charge >= 0.3 is 12.1 Å². The number of carbonyl (C=O) groups is 1. The molecule has 1 saturated carbocycles. The van der Waals surface area contributed by atoms with E-state index in [2.05, 4.69) is 0 Å². The van der Waals surface area contributed by atoms with Crippen molar-refractivity contribution in [1.82, 2.24) is 0 Å². The molecule has 0 aliphatic heterocycles. The molecule has 0 aromatic heterocycles. The summed E-state index contributed by atoms with van der Waals surface area (Å²) in [6.45, 7) is 1.61. The van der Waals surface area contributed by atoms with Crippen molar-refractivity contribution in [2.75, 3.05) is 0 Å². The van der Waals surface area contributed by atoms with Gasteiger partial charge in [0.25, 0.3) is 0 Å². The Morgan fingerprint density at radius 3 is 2.44 bits per heavy atom. The van der Waals surface area contributed by atoms with Crippen molar-refractivity contribution in [2.24, 2.45) is 17.8 Å². The number of hydrogen-bond acceptors (Lipinski definition) is 1. The highest BCUT2D eigenvalue weighted by Gasteiger charge is 2.49. The minimum atomic E-state index is -4.31. The Hall–Kier alpha value is -1.00. The van der Waals surface area contributed by atoms with E-state index >= 15 is 0 Å². The highest BCUT2D eigenvalue weighted by Crippen LogP contribution is 2.44. The third-order valence-corrected chi connectivity index (χ3v) is 3.11. The summed E-state index contributed by atoms with van der Waals surface area (Å²) >= 11 is 0. The summed E-state index contributed by atoms with van der Waals surface area (Å²) in [5.41, 5.74) is 0. The number of hydrogen-bond donors (Lipinski definition) is 1. The smallest absolute Gasteiger partial charge is 0.392 e. The lowest BCUT2D eigenvalue weighted by Crippen LogP contribution is -2.39. The van der Waals surface area contributed by atoms with Crippen molar-refractivity contribution >= 4 is 5.97 Å². The Morgan fingerprint density at radius 1 is 1.38 bits per heavy atom. The highest BCUT2D eigenvalue weighted by molar-refractivity contribution is 5.71. The number of halogens is 3. The molecular weight excluding hydrogens is 221 g/mol. The van der Waals surface area contributed by atoms with Crippen molar-refractivity contribution in [3.05, 3.63) is 12.2 Å². The Balaban J connectivity index is 2.95. The predicted octanol–water partition coefficient (Wildman–Crippen LogP) is 3.24. The number of rotatable bonds is 2. The molecular formula is C11H15F3O2. The van der Waals surface area contributed by atoms with Gasteiger partial charge in [-0.25, -0.2) is 0 Å². The van der Waals surface area contributed by atoms with E-state index in [4.69, 9.17) is 5.11 Å². The SMILES string of the molecule is CC=CC1C(C(=O)O)CCCC1C(F)(F)F. The summed E-state index contributed by atoms with van der Waals surface area (Å²) in [7, 11) is 0. The lowest BCUT2D eigenvalue weighted by atomic mass is 9.71. The molecule has 3 atom stereocenters. The van der Waals surface area contributed by atoms with Crippen LogP contribution in [0.15, 0.2) is 12.2 Å². The molecule has 0 amide bonds. The van der Waals surface area contributed by atoms with Crippen LogP contribution in [0.5, 0.6) is 0 Å². The van der Waals surface area contributed by atoms with Gasteiger partial charge in [-0.3, -0.25) is 4.79 Å². The molecule has 0 aromatic carbocycles. The van der Waals surface area contributed by atoms with Gasteiger partial charge in [0.15, 0.2) is 0 Å². The molecule has 16 heavy (non-hydrogen) atoms. The first kappa shape index (κ1) is 13.1. The maximum absolute atomic E-state index is 12.7. The Morgan fingerprint density at radius 2 is 2.00 bits per heavy atom. The number of aliphatic carboxylic acids is 1. The molecule has 0 spiro atoms. The van der Waals surface area contributed by atoms with E-state index in [-0.39, 0.29) is 6.42 Å². The summed E-state index contributed by atoms with van der Waals surface area (Å²) in [6, 6.07) is 0. The monoisotopic (exact) mass is 236 g/mol. The van der Waals surface area contributed by atoms with Crippen molar-refractivity contribution < 1.29 is 23.1 Å². The van der Waals surface area contributed by atoms with Gasteiger partial charge in [0, 0.05) is 5.92 Å². The lowest BCUT2D eigenvalue weighted by Gasteiger charge is -2.35. The second-order valence-electron chi connectivity index (χ2n) is 4.13. The van der Waals surface area contributed by atoms with E-state index in [0.717, 1.165) is 0 Å². The van der Waals surface area contributed by atoms with Crippen LogP contribution in [-0.2, 0) is 4.79 Å². The van der Waals surface area contributed by atoms with Crippen LogP contribution >= 0.6 is 0 Å². The van der Waals surface area contributed by atoms with Crippen LogP contribution in [-0.4, -0.2) is 17.3 Å². The quantitative estimate of drug-likeness (QED) is 0.747. The number of carboxylic acids is 1. The second kappa shape index (κ2) is 4.89. The first-order valence-corrected chi connectivity index (χ1v) is 5.30. The van der Waals surface area contributed by atoms with E-state index in [1.165, 1.54) is 12.2 Å². The topological polar surface area (TPSA) is 37.3 Å². The molecule has 1 aliphatic rings. The Labute approximate surface area is 92.1 Å². The zero-order valence-corrected chi connectivity index (χ0v) is 9.00. The fourth-order valence-electron chi connectivity index (χ4n) is 2.38. The third-order valence-electron chi connectivity index (χ3n) is 3.11. The summed E-state index contributed by atoms with van der Waals surface area (Å²) in [5.74, 6) is -4.47. The molecule has 0 saturated heterocycles. The van der Waals surface area contributed by atoms with Gasteiger partial charge in [0.1, 0.15) is 0 Å². The van der Waals surface area contributed by atoms with Crippen LogP contribution in [0.25, 0.3) is 0 Å². The van der Waals surface area contributed by atoms with E-state index in [1.807, 2.05) is 0 Å². The molecule has 5 heteroatoms. The van der Waals surface area contributed by atoms with Crippen LogP contribution in [0.3, 0.4) is 0 Å². The molecule has 1 rings (SSSR count). The van der Waals surface area contributed by atoms with Gasteiger partial charge < -0.3 is 5.11 Å². The molecule has 0 bridgehead atoms. The van der Waals surface area contributed by atoms with E-state index in [1.54, 1.807) is 6.92 Å². The maximum atomic E-state index is 12.7. The fraction of sp³-hybridized carbons (Fsp3) is 0.727. The van der Waals surface area contributed by atoms with Gasteiger partial charge in [-0.2, -0.15) is 13.2 Å². The normalized spacial score (nSPS) is 31.9. The molecule has 2 nitrogen and oxygen atoms in total. The summed E-state index contributed by atoms with van der Waals surface area (Å²) in [4.78, 5) is 10.9. The maximum Gasteiger partial charge on any atom is 0.392 e. The Kier molecular flexibility index (Phi) is 3.99. The zero-order chi connectivity index (χ0) is 12.3. The molecule has 92 valence electrons. The second-order valence-corrected chi connectivity index (χ2v) is 4.13. The van der Waals surface area contributed by atoms with Crippen molar-refractivity contribution in [3.8, 4) is 0 Å². The number of carboxylic acid groups (broad SMARTS) is 1. The molecule has 3 unspecified atom stereocenters. The lowest BCUT2D eigenvalue weighted by molar-refractivity contribution is -0.199. The van der Waals surface area contributed by atoms with Crippen LogP contribution in [0, 0.1) is 17.8 Å². The molecule has 1 aliphatic carbocycles. The molecule has 0 aromatic rings. The van der Waals surface area contributed by atoms with Crippen molar-refractivity contribution in [3.63, 3.8) is 0 Å². The van der Waals surface area contributed by atoms with Crippen molar-refractivity contribution in [2.45, 2.75) is 32.4 Å². The first-order chi connectivity index (χ1) is 7.38. The summed E-state index contributed by atoms with van der Waals surface area (Å²) in [5, 5.41) is 8.92.